The average molecular weight is 384 g/mol. The lowest BCUT2D eigenvalue weighted by atomic mass is 10.2. The molecule has 0 aliphatic rings. The topological polar surface area (TPSA) is 47.4 Å². The minimum absolute atomic E-state index is 0.0919. The number of amides is 1. The van der Waals surface area contributed by atoms with Crippen molar-refractivity contribution in [2.24, 2.45) is 0 Å². The first-order valence-electron chi connectivity index (χ1n) is 9.00. The van der Waals surface area contributed by atoms with E-state index in [9.17, 15) is 4.79 Å². The molecule has 0 radical (unpaired) electrons. The Morgan fingerprint density at radius 3 is 2.63 bits per heavy atom. The van der Waals surface area contributed by atoms with Crippen LogP contribution in [0.1, 0.15) is 12.5 Å². The molecule has 3 aromatic rings. The lowest BCUT2D eigenvalue weighted by Gasteiger charge is -2.21. The number of para-hydroxylation sites is 2. The van der Waals surface area contributed by atoms with Crippen LogP contribution < -0.4 is 0 Å². The van der Waals surface area contributed by atoms with Crippen molar-refractivity contribution >= 4 is 28.7 Å². The lowest BCUT2D eigenvalue weighted by molar-refractivity contribution is -0.129. The molecular formula is C21H25N3O2S. The highest BCUT2D eigenvalue weighted by molar-refractivity contribution is 8.00. The van der Waals surface area contributed by atoms with E-state index in [0.29, 0.717) is 19.7 Å². The van der Waals surface area contributed by atoms with Gasteiger partial charge in [-0.2, -0.15) is 0 Å². The summed E-state index contributed by atoms with van der Waals surface area (Å²) in [7, 11) is 3.54. The lowest BCUT2D eigenvalue weighted by Crippen LogP contribution is -2.33. The molecule has 6 heteroatoms. The van der Waals surface area contributed by atoms with Crippen molar-refractivity contribution in [1.29, 1.82) is 0 Å². The third-order valence-electron chi connectivity index (χ3n) is 4.41. The number of hydrogen-bond donors (Lipinski definition) is 0. The fourth-order valence-electron chi connectivity index (χ4n) is 3.00. The van der Waals surface area contributed by atoms with Gasteiger partial charge in [0.05, 0.1) is 22.9 Å². The first-order chi connectivity index (χ1) is 13.1. The third-order valence-corrected chi connectivity index (χ3v) is 5.48. The summed E-state index contributed by atoms with van der Waals surface area (Å²) in [4.78, 5) is 19.3. The zero-order chi connectivity index (χ0) is 19.2. The summed E-state index contributed by atoms with van der Waals surface area (Å²) < 4.78 is 7.37. The molecule has 0 aliphatic heterocycles. The van der Waals surface area contributed by atoms with E-state index in [1.54, 1.807) is 12.0 Å². The fraction of sp³-hybridized carbons (Fsp3) is 0.333. The Kier molecular flexibility index (Phi) is 6.53. The van der Waals surface area contributed by atoms with Gasteiger partial charge in [-0.05, 0) is 24.6 Å². The molecule has 0 bridgehead atoms. The van der Waals surface area contributed by atoms with Gasteiger partial charge in [-0.3, -0.25) is 4.79 Å². The van der Waals surface area contributed by atoms with Gasteiger partial charge in [-0.15, -0.1) is 0 Å². The van der Waals surface area contributed by atoms with E-state index in [1.807, 2.05) is 62.5 Å². The van der Waals surface area contributed by atoms with E-state index in [2.05, 4.69) is 10.6 Å². The van der Waals surface area contributed by atoms with Crippen LogP contribution in [0, 0.1) is 0 Å². The molecule has 0 N–H and O–H groups in total. The summed E-state index contributed by atoms with van der Waals surface area (Å²) in [5, 5.41) is 0.624. The summed E-state index contributed by atoms with van der Waals surface area (Å²) in [5.41, 5.74) is 3.13. The quantitative estimate of drug-likeness (QED) is 0.555. The number of carbonyl (C=O) groups is 1. The monoisotopic (exact) mass is 383 g/mol. The van der Waals surface area contributed by atoms with Crippen LogP contribution in [0.5, 0.6) is 0 Å². The van der Waals surface area contributed by atoms with Gasteiger partial charge < -0.3 is 14.2 Å². The van der Waals surface area contributed by atoms with Crippen LogP contribution in [0.15, 0.2) is 59.8 Å². The number of imidazole rings is 1. The molecule has 0 fully saturated rings. The van der Waals surface area contributed by atoms with E-state index < -0.39 is 0 Å². The Bertz CT molecular complexity index is 895. The van der Waals surface area contributed by atoms with Gasteiger partial charge in [0.2, 0.25) is 5.91 Å². The maximum absolute atomic E-state index is 12.8. The van der Waals surface area contributed by atoms with E-state index in [1.165, 1.54) is 11.8 Å². The molecule has 0 spiro atoms. The summed E-state index contributed by atoms with van der Waals surface area (Å²) >= 11 is 1.50. The van der Waals surface area contributed by atoms with Gasteiger partial charge in [-0.25, -0.2) is 4.98 Å². The van der Waals surface area contributed by atoms with E-state index in [-0.39, 0.29) is 11.2 Å². The summed E-state index contributed by atoms with van der Waals surface area (Å²) in [6.07, 6.45) is 0. The molecule has 1 amide bonds. The van der Waals surface area contributed by atoms with Gasteiger partial charge in [0.25, 0.3) is 0 Å². The normalized spacial score (nSPS) is 12.3. The van der Waals surface area contributed by atoms with Gasteiger partial charge >= 0.3 is 0 Å². The van der Waals surface area contributed by atoms with Crippen LogP contribution >= 0.6 is 11.8 Å². The number of methoxy groups -OCH3 is 1. The zero-order valence-corrected chi connectivity index (χ0v) is 16.8. The number of carbonyl (C=O) groups excluding carboxylic acids is 1. The van der Waals surface area contributed by atoms with Crippen molar-refractivity contribution in [1.82, 2.24) is 14.5 Å². The Labute approximate surface area is 164 Å². The minimum Gasteiger partial charge on any atom is -0.383 e. The molecule has 2 aromatic carbocycles. The summed E-state index contributed by atoms with van der Waals surface area (Å²) in [6, 6.07) is 18.1. The second kappa shape index (κ2) is 9.06. The number of thioether (sulfide) groups is 1. The fourth-order valence-corrected chi connectivity index (χ4v) is 4.06. The van der Waals surface area contributed by atoms with Crippen molar-refractivity contribution in [2.45, 2.75) is 30.4 Å². The third kappa shape index (κ3) is 4.70. The maximum Gasteiger partial charge on any atom is 0.235 e. The predicted molar refractivity (Wildman–Crippen MR) is 110 cm³/mol. The van der Waals surface area contributed by atoms with Crippen molar-refractivity contribution in [3.63, 3.8) is 0 Å². The Hall–Kier alpha value is -2.31. The smallest absolute Gasteiger partial charge is 0.235 e. The highest BCUT2D eigenvalue weighted by Gasteiger charge is 2.22. The molecule has 1 heterocycles. The number of benzene rings is 2. The molecule has 3 rings (SSSR count). The van der Waals surface area contributed by atoms with E-state index in [4.69, 9.17) is 9.72 Å². The van der Waals surface area contributed by atoms with Crippen molar-refractivity contribution in [3.8, 4) is 0 Å². The summed E-state index contributed by atoms with van der Waals surface area (Å²) in [6.45, 7) is 3.85. The van der Waals surface area contributed by atoms with Crippen LogP contribution in [0.2, 0.25) is 0 Å². The zero-order valence-electron chi connectivity index (χ0n) is 16.0. The molecule has 1 aromatic heterocycles. The van der Waals surface area contributed by atoms with E-state index >= 15 is 0 Å². The number of ether oxygens (including phenoxy) is 1. The van der Waals surface area contributed by atoms with Crippen LogP contribution in [-0.4, -0.2) is 46.4 Å². The highest BCUT2D eigenvalue weighted by Crippen LogP contribution is 2.28. The minimum atomic E-state index is -0.225. The van der Waals surface area contributed by atoms with E-state index in [0.717, 1.165) is 21.8 Å². The number of aromatic nitrogens is 2. The molecule has 0 aliphatic carbocycles. The summed E-state index contributed by atoms with van der Waals surface area (Å²) in [5.74, 6) is 0.0919. The van der Waals surface area contributed by atoms with Gasteiger partial charge in [0, 0.05) is 27.2 Å². The van der Waals surface area contributed by atoms with Crippen molar-refractivity contribution in [2.75, 3.05) is 20.8 Å². The molecule has 142 valence electrons. The van der Waals surface area contributed by atoms with Gasteiger partial charge in [0.15, 0.2) is 5.16 Å². The average Bonchev–Trinajstić information content (AvgIpc) is 3.03. The van der Waals surface area contributed by atoms with Crippen LogP contribution in [-0.2, 0) is 22.6 Å². The predicted octanol–water partition coefficient (Wildman–Crippen LogP) is 3.82. The van der Waals surface area contributed by atoms with Crippen LogP contribution in [0.25, 0.3) is 11.0 Å². The molecule has 1 atom stereocenters. The first kappa shape index (κ1) is 19.5. The number of hydrogen-bond acceptors (Lipinski definition) is 4. The first-order valence-corrected chi connectivity index (χ1v) is 9.88. The largest absolute Gasteiger partial charge is 0.383 e. The standard InChI is InChI=1S/C21H25N3O2S/c1-16(20(25)23(2)15-17-9-5-4-6-10-17)27-21-22-18-11-7-8-12-19(18)24(21)13-14-26-3/h4-12,16H,13-15H2,1-3H3. The molecule has 0 saturated heterocycles. The Morgan fingerprint density at radius 2 is 1.89 bits per heavy atom. The Balaban J connectivity index is 1.74. The molecule has 5 nitrogen and oxygen atoms in total. The van der Waals surface area contributed by atoms with Crippen LogP contribution in [0.4, 0.5) is 0 Å². The second-order valence-electron chi connectivity index (χ2n) is 6.47. The van der Waals surface area contributed by atoms with Crippen molar-refractivity contribution < 1.29 is 9.53 Å². The highest BCUT2D eigenvalue weighted by atomic mass is 32.2. The number of nitrogens with zero attached hydrogens (tertiary/aromatic N) is 3. The number of rotatable bonds is 8. The van der Waals surface area contributed by atoms with Crippen LogP contribution in [0.3, 0.4) is 0 Å². The number of fused-ring (bicyclic) bond motifs is 1. The molecule has 0 saturated carbocycles. The van der Waals surface area contributed by atoms with Gasteiger partial charge in [0.1, 0.15) is 0 Å². The second-order valence-corrected chi connectivity index (χ2v) is 7.78. The Morgan fingerprint density at radius 1 is 1.19 bits per heavy atom. The maximum atomic E-state index is 12.8. The van der Waals surface area contributed by atoms with Crippen molar-refractivity contribution in [3.05, 3.63) is 60.2 Å². The molecular weight excluding hydrogens is 358 g/mol. The van der Waals surface area contributed by atoms with Gasteiger partial charge in [-0.1, -0.05) is 54.2 Å². The SMILES string of the molecule is COCCn1c(SC(C)C(=O)N(C)Cc2ccccc2)nc2ccccc21. The molecule has 1 unspecified atom stereocenters. The molecule has 27 heavy (non-hydrogen) atoms.